The van der Waals surface area contributed by atoms with Crippen molar-refractivity contribution in [3.8, 4) is 0 Å². The normalized spacial score (nSPS) is 23.1. The molecule has 1 aliphatic heterocycles. The molecule has 0 aromatic heterocycles. The van der Waals surface area contributed by atoms with Crippen molar-refractivity contribution in [2.24, 2.45) is 5.41 Å². The fraction of sp³-hybridized carbons (Fsp3) is 0.533. The van der Waals surface area contributed by atoms with Crippen LogP contribution in [0.1, 0.15) is 24.8 Å². The molecule has 19 heavy (non-hydrogen) atoms. The van der Waals surface area contributed by atoms with E-state index < -0.39 is 5.97 Å². The molecule has 1 atom stereocenters. The lowest BCUT2D eigenvalue weighted by Crippen LogP contribution is -2.13. The maximum Gasteiger partial charge on any atom is 0.303 e. The molecule has 1 N–H and O–H groups in total. The second-order valence-corrected chi connectivity index (χ2v) is 8.01. The predicted molar refractivity (Wildman–Crippen MR) is 81.0 cm³/mol. The average molecular weight is 294 g/mol. The van der Waals surface area contributed by atoms with E-state index in [1.807, 2.05) is 23.5 Å². The van der Waals surface area contributed by atoms with Gasteiger partial charge in [-0.25, -0.2) is 0 Å². The summed E-state index contributed by atoms with van der Waals surface area (Å²) in [5.41, 5.74) is 1.61. The first-order valence-corrected chi connectivity index (χ1v) is 8.74. The van der Waals surface area contributed by atoms with E-state index in [9.17, 15) is 4.79 Å². The Morgan fingerprint density at radius 3 is 2.89 bits per heavy atom. The molecule has 4 heteroatoms. The molecular formula is C15H18O2S2. The summed E-state index contributed by atoms with van der Waals surface area (Å²) in [4.78, 5) is 12.2. The van der Waals surface area contributed by atoms with Crippen LogP contribution in [0, 0.1) is 5.41 Å². The van der Waals surface area contributed by atoms with Crippen molar-refractivity contribution in [2.75, 3.05) is 11.5 Å². The van der Waals surface area contributed by atoms with Crippen LogP contribution >= 0.6 is 23.5 Å². The lowest BCUT2D eigenvalue weighted by atomic mass is 10.1. The third kappa shape index (κ3) is 3.29. The monoisotopic (exact) mass is 294 g/mol. The first-order chi connectivity index (χ1) is 9.17. The van der Waals surface area contributed by atoms with E-state index in [4.69, 9.17) is 5.11 Å². The zero-order valence-electron chi connectivity index (χ0n) is 10.8. The molecule has 3 rings (SSSR count). The minimum absolute atomic E-state index is 0.132. The standard InChI is InChI=1S/C15H18O2S2/c16-14(17)8-15(5-6-15)10-18-9-12-7-11-3-1-2-4-13(11)19-12/h1-4,12H,5-10H2,(H,16,17). The molecule has 0 amide bonds. The summed E-state index contributed by atoms with van der Waals surface area (Å²) in [7, 11) is 0. The summed E-state index contributed by atoms with van der Waals surface area (Å²) in [5.74, 6) is 1.52. The predicted octanol–water partition coefficient (Wildman–Crippen LogP) is 3.69. The average Bonchev–Trinajstić information content (AvgIpc) is 2.99. The van der Waals surface area contributed by atoms with Crippen molar-refractivity contribution in [1.29, 1.82) is 0 Å². The van der Waals surface area contributed by atoms with Crippen LogP contribution in [0.15, 0.2) is 29.2 Å². The van der Waals surface area contributed by atoms with Crippen molar-refractivity contribution in [3.05, 3.63) is 29.8 Å². The Balaban J connectivity index is 1.44. The highest BCUT2D eigenvalue weighted by atomic mass is 32.2. The van der Waals surface area contributed by atoms with E-state index in [2.05, 4.69) is 24.3 Å². The molecule has 1 aliphatic carbocycles. The Kier molecular flexibility index (Phi) is 3.81. The van der Waals surface area contributed by atoms with E-state index in [0.717, 1.165) is 24.3 Å². The number of carbonyl (C=O) groups is 1. The highest BCUT2D eigenvalue weighted by Gasteiger charge is 2.44. The second-order valence-electron chi connectivity index (χ2n) is 5.64. The van der Waals surface area contributed by atoms with Gasteiger partial charge in [0, 0.05) is 15.9 Å². The molecule has 1 unspecified atom stereocenters. The number of hydrogen-bond donors (Lipinski definition) is 1. The van der Waals surface area contributed by atoms with E-state index in [-0.39, 0.29) is 5.41 Å². The SMILES string of the molecule is O=C(O)CC1(CSCC2Cc3ccccc3S2)CC1. The maximum absolute atomic E-state index is 10.8. The van der Waals surface area contributed by atoms with Crippen LogP contribution in [0.4, 0.5) is 0 Å². The highest BCUT2D eigenvalue weighted by molar-refractivity contribution is 8.03. The molecule has 1 heterocycles. The zero-order valence-corrected chi connectivity index (χ0v) is 12.4. The Bertz CT molecular complexity index is 458. The van der Waals surface area contributed by atoms with E-state index >= 15 is 0 Å². The van der Waals surface area contributed by atoms with E-state index in [1.165, 1.54) is 16.9 Å². The fourth-order valence-electron chi connectivity index (χ4n) is 2.62. The van der Waals surface area contributed by atoms with Crippen LogP contribution in [0.5, 0.6) is 0 Å². The van der Waals surface area contributed by atoms with Gasteiger partial charge in [-0.1, -0.05) is 18.2 Å². The summed E-state index contributed by atoms with van der Waals surface area (Å²) in [5, 5.41) is 9.57. The van der Waals surface area contributed by atoms with Gasteiger partial charge in [0.25, 0.3) is 0 Å². The van der Waals surface area contributed by atoms with Crippen molar-refractivity contribution in [3.63, 3.8) is 0 Å². The van der Waals surface area contributed by atoms with E-state index in [0.29, 0.717) is 11.7 Å². The lowest BCUT2D eigenvalue weighted by molar-refractivity contribution is -0.138. The van der Waals surface area contributed by atoms with Gasteiger partial charge in [0.1, 0.15) is 0 Å². The van der Waals surface area contributed by atoms with Crippen molar-refractivity contribution in [1.82, 2.24) is 0 Å². The molecule has 1 aromatic carbocycles. The van der Waals surface area contributed by atoms with Crippen LogP contribution in [0.2, 0.25) is 0 Å². The fourth-order valence-corrected chi connectivity index (χ4v) is 5.59. The summed E-state index contributed by atoms with van der Waals surface area (Å²) in [6.07, 6.45) is 3.73. The van der Waals surface area contributed by atoms with Crippen LogP contribution < -0.4 is 0 Å². The molecule has 102 valence electrons. The van der Waals surface area contributed by atoms with E-state index in [1.54, 1.807) is 0 Å². The minimum atomic E-state index is -0.638. The van der Waals surface area contributed by atoms with Crippen molar-refractivity contribution in [2.45, 2.75) is 35.8 Å². The van der Waals surface area contributed by atoms with Crippen LogP contribution in [0.25, 0.3) is 0 Å². The minimum Gasteiger partial charge on any atom is -0.481 e. The molecule has 0 saturated heterocycles. The third-order valence-corrected chi connectivity index (χ3v) is 6.89. The highest BCUT2D eigenvalue weighted by Crippen LogP contribution is 2.51. The third-order valence-electron chi connectivity index (χ3n) is 3.91. The van der Waals surface area contributed by atoms with Crippen LogP contribution in [-0.2, 0) is 11.2 Å². The quantitative estimate of drug-likeness (QED) is 0.868. The number of aliphatic carboxylic acids is 1. The van der Waals surface area contributed by atoms with Gasteiger partial charge in [-0.3, -0.25) is 4.79 Å². The topological polar surface area (TPSA) is 37.3 Å². The summed E-state index contributed by atoms with van der Waals surface area (Å²) >= 11 is 3.93. The number of carboxylic acid groups (broad SMARTS) is 1. The van der Waals surface area contributed by atoms with Gasteiger partial charge in [-0.2, -0.15) is 11.8 Å². The number of benzene rings is 1. The number of carboxylic acids is 1. The van der Waals surface area contributed by atoms with Gasteiger partial charge in [-0.15, -0.1) is 11.8 Å². The van der Waals surface area contributed by atoms with Gasteiger partial charge >= 0.3 is 5.97 Å². The molecule has 0 spiro atoms. The summed E-state index contributed by atoms with van der Waals surface area (Å²) < 4.78 is 0. The number of fused-ring (bicyclic) bond motifs is 1. The second kappa shape index (κ2) is 5.41. The number of thioether (sulfide) groups is 2. The molecule has 2 nitrogen and oxygen atoms in total. The number of rotatable bonds is 6. The Hall–Kier alpha value is -0.610. The van der Waals surface area contributed by atoms with Gasteiger partial charge in [-0.05, 0) is 42.1 Å². The molecule has 1 fully saturated rings. The molecule has 1 aromatic rings. The molecular weight excluding hydrogens is 276 g/mol. The zero-order chi connectivity index (χ0) is 13.3. The molecule has 2 aliphatic rings. The summed E-state index contributed by atoms with van der Waals surface area (Å²) in [6, 6.07) is 8.64. The Morgan fingerprint density at radius 1 is 1.42 bits per heavy atom. The number of hydrogen-bond acceptors (Lipinski definition) is 3. The van der Waals surface area contributed by atoms with Gasteiger partial charge < -0.3 is 5.11 Å². The first kappa shape index (κ1) is 13.4. The Labute approximate surface area is 122 Å². The largest absolute Gasteiger partial charge is 0.481 e. The molecule has 0 bridgehead atoms. The molecule has 1 saturated carbocycles. The first-order valence-electron chi connectivity index (χ1n) is 6.71. The van der Waals surface area contributed by atoms with Crippen LogP contribution in [0.3, 0.4) is 0 Å². The van der Waals surface area contributed by atoms with Crippen molar-refractivity contribution >= 4 is 29.5 Å². The summed E-state index contributed by atoms with van der Waals surface area (Å²) in [6.45, 7) is 0. The lowest BCUT2D eigenvalue weighted by Gasteiger charge is -2.13. The Morgan fingerprint density at radius 2 is 2.21 bits per heavy atom. The maximum atomic E-state index is 10.8. The smallest absolute Gasteiger partial charge is 0.303 e. The van der Waals surface area contributed by atoms with Gasteiger partial charge in [0.2, 0.25) is 0 Å². The molecule has 0 radical (unpaired) electrons. The van der Waals surface area contributed by atoms with Crippen LogP contribution in [-0.4, -0.2) is 27.8 Å². The van der Waals surface area contributed by atoms with Gasteiger partial charge in [0.15, 0.2) is 0 Å². The van der Waals surface area contributed by atoms with Crippen molar-refractivity contribution < 1.29 is 9.90 Å². The van der Waals surface area contributed by atoms with Gasteiger partial charge in [0.05, 0.1) is 6.42 Å².